The Kier molecular flexibility index (Phi) is 7.26. The lowest BCUT2D eigenvalue weighted by Gasteiger charge is -2.28. The molecule has 0 amide bonds. The standard InChI is InChI=1S/C32H36N4OS/c1-7-24-12-10-11-21(4)30(24)35-22(5)19-27(23(35)6)31-29(28-13-8-9-18-33-28)34-32(38)36(31)25-14-16-26(17-15-25)37-20(2)3/h8-20,29,31H,7H2,1-6H3,(H,34,38)/t29-,31+/m1/s1. The summed E-state index contributed by atoms with van der Waals surface area (Å²) >= 11 is 5.97. The quantitative estimate of drug-likeness (QED) is 0.257. The molecule has 196 valence electrons. The third-order valence-electron chi connectivity index (χ3n) is 7.30. The first-order chi connectivity index (χ1) is 18.3. The van der Waals surface area contributed by atoms with Crippen molar-refractivity contribution in [3.63, 3.8) is 0 Å². The van der Waals surface area contributed by atoms with E-state index in [-0.39, 0.29) is 18.2 Å². The summed E-state index contributed by atoms with van der Waals surface area (Å²) < 4.78 is 8.32. The number of pyridine rings is 1. The molecule has 0 radical (unpaired) electrons. The Morgan fingerprint density at radius 2 is 1.76 bits per heavy atom. The molecule has 1 saturated heterocycles. The predicted octanol–water partition coefficient (Wildman–Crippen LogP) is 7.32. The van der Waals surface area contributed by atoms with Gasteiger partial charge in [0.05, 0.1) is 29.6 Å². The normalized spacial score (nSPS) is 17.2. The van der Waals surface area contributed by atoms with E-state index in [1.807, 2.05) is 44.3 Å². The maximum atomic E-state index is 5.97. The van der Waals surface area contributed by atoms with E-state index in [0.29, 0.717) is 5.11 Å². The van der Waals surface area contributed by atoms with Crippen molar-refractivity contribution in [1.29, 1.82) is 0 Å². The van der Waals surface area contributed by atoms with Crippen LogP contribution in [0.3, 0.4) is 0 Å². The summed E-state index contributed by atoms with van der Waals surface area (Å²) in [5, 5.41) is 4.29. The smallest absolute Gasteiger partial charge is 0.174 e. The first-order valence-corrected chi connectivity index (χ1v) is 13.8. The van der Waals surface area contributed by atoms with E-state index >= 15 is 0 Å². The van der Waals surface area contributed by atoms with E-state index in [0.717, 1.165) is 23.6 Å². The zero-order valence-corrected chi connectivity index (χ0v) is 23.8. The molecule has 1 aliphatic rings. The molecular formula is C32H36N4OS. The van der Waals surface area contributed by atoms with E-state index in [2.05, 4.69) is 84.9 Å². The van der Waals surface area contributed by atoms with Gasteiger partial charge in [0.2, 0.25) is 0 Å². The average molecular weight is 525 g/mol. The number of rotatable bonds is 7. The topological polar surface area (TPSA) is 42.3 Å². The summed E-state index contributed by atoms with van der Waals surface area (Å²) in [6, 6.07) is 23.0. The van der Waals surface area contributed by atoms with Gasteiger partial charge in [0.15, 0.2) is 5.11 Å². The van der Waals surface area contributed by atoms with Crippen LogP contribution < -0.4 is 15.0 Å². The Morgan fingerprint density at radius 3 is 2.42 bits per heavy atom. The first kappa shape index (κ1) is 26.0. The van der Waals surface area contributed by atoms with Crippen LogP contribution in [0.5, 0.6) is 5.75 Å². The molecule has 5 nitrogen and oxygen atoms in total. The van der Waals surface area contributed by atoms with Gasteiger partial charge in [-0.15, -0.1) is 0 Å². The molecule has 38 heavy (non-hydrogen) atoms. The van der Waals surface area contributed by atoms with Crippen LogP contribution >= 0.6 is 12.2 Å². The average Bonchev–Trinajstić information content (AvgIpc) is 3.39. The zero-order chi connectivity index (χ0) is 27.0. The maximum absolute atomic E-state index is 5.97. The van der Waals surface area contributed by atoms with Crippen LogP contribution in [-0.4, -0.2) is 20.8 Å². The minimum Gasteiger partial charge on any atom is -0.491 e. The highest BCUT2D eigenvalue weighted by Crippen LogP contribution is 2.44. The molecule has 2 aromatic heterocycles. The molecule has 1 N–H and O–H groups in total. The zero-order valence-electron chi connectivity index (χ0n) is 23.0. The Hall–Kier alpha value is -3.64. The van der Waals surface area contributed by atoms with Crippen LogP contribution in [0.4, 0.5) is 5.69 Å². The number of hydrogen-bond acceptors (Lipinski definition) is 3. The minimum atomic E-state index is -0.0910. The fourth-order valence-corrected chi connectivity index (χ4v) is 6.01. The van der Waals surface area contributed by atoms with Gasteiger partial charge in [0.25, 0.3) is 0 Å². The fraction of sp³-hybridized carbons (Fsp3) is 0.312. The van der Waals surface area contributed by atoms with Gasteiger partial charge in [-0.3, -0.25) is 4.98 Å². The number of hydrogen-bond donors (Lipinski definition) is 1. The second kappa shape index (κ2) is 10.6. The highest BCUT2D eigenvalue weighted by Gasteiger charge is 2.42. The van der Waals surface area contributed by atoms with Crippen LogP contribution in [0.2, 0.25) is 0 Å². The number of benzene rings is 2. The summed E-state index contributed by atoms with van der Waals surface area (Å²) in [6.45, 7) is 12.9. The van der Waals surface area contributed by atoms with Crippen molar-refractivity contribution in [2.75, 3.05) is 4.90 Å². The molecule has 0 bridgehead atoms. The van der Waals surface area contributed by atoms with Gasteiger partial charge in [-0.2, -0.15) is 0 Å². The van der Waals surface area contributed by atoms with Crippen molar-refractivity contribution in [2.45, 2.75) is 66.2 Å². The Bertz CT molecular complexity index is 1440. The summed E-state index contributed by atoms with van der Waals surface area (Å²) in [7, 11) is 0. The Balaban J connectivity index is 1.66. The Labute approximate surface area is 231 Å². The molecule has 5 rings (SSSR count). The van der Waals surface area contributed by atoms with Crippen molar-refractivity contribution >= 4 is 23.0 Å². The number of nitrogens with one attached hydrogen (secondary N) is 1. The lowest BCUT2D eigenvalue weighted by Crippen LogP contribution is -2.29. The Morgan fingerprint density at radius 1 is 1.00 bits per heavy atom. The number of aromatic nitrogens is 2. The lowest BCUT2D eigenvalue weighted by molar-refractivity contribution is 0.242. The maximum Gasteiger partial charge on any atom is 0.174 e. The molecule has 1 fully saturated rings. The van der Waals surface area contributed by atoms with E-state index < -0.39 is 0 Å². The number of thiocarbonyl (C=S) groups is 1. The van der Waals surface area contributed by atoms with Gasteiger partial charge >= 0.3 is 0 Å². The van der Waals surface area contributed by atoms with E-state index in [9.17, 15) is 0 Å². The number of aryl methyl sites for hydroxylation is 3. The van der Waals surface area contributed by atoms with Crippen molar-refractivity contribution in [2.24, 2.45) is 0 Å². The van der Waals surface area contributed by atoms with Gasteiger partial charge in [-0.1, -0.05) is 31.2 Å². The molecule has 4 aromatic rings. The predicted molar refractivity (Wildman–Crippen MR) is 159 cm³/mol. The highest BCUT2D eigenvalue weighted by molar-refractivity contribution is 7.80. The van der Waals surface area contributed by atoms with E-state index in [4.69, 9.17) is 21.9 Å². The number of nitrogens with zero attached hydrogens (tertiary/aromatic N) is 3. The number of ether oxygens (including phenoxy) is 1. The highest BCUT2D eigenvalue weighted by atomic mass is 32.1. The summed E-state index contributed by atoms with van der Waals surface area (Å²) in [4.78, 5) is 6.96. The summed E-state index contributed by atoms with van der Waals surface area (Å²) in [5.74, 6) is 0.851. The third kappa shape index (κ3) is 4.69. The molecule has 2 atom stereocenters. The summed E-state index contributed by atoms with van der Waals surface area (Å²) in [6.07, 6.45) is 2.95. The van der Waals surface area contributed by atoms with Crippen molar-refractivity contribution in [1.82, 2.24) is 14.9 Å². The molecule has 6 heteroatoms. The monoisotopic (exact) mass is 524 g/mol. The van der Waals surface area contributed by atoms with Crippen LogP contribution in [0, 0.1) is 20.8 Å². The number of anilines is 1. The fourth-order valence-electron chi connectivity index (χ4n) is 5.66. The minimum absolute atomic E-state index is 0.0664. The van der Waals surface area contributed by atoms with Crippen LogP contribution in [0.1, 0.15) is 66.6 Å². The van der Waals surface area contributed by atoms with E-state index in [1.165, 1.54) is 33.8 Å². The van der Waals surface area contributed by atoms with Gasteiger partial charge in [-0.05, 0) is 112 Å². The van der Waals surface area contributed by atoms with Gasteiger partial charge < -0.3 is 19.5 Å². The molecular weight excluding hydrogens is 488 g/mol. The second-order valence-electron chi connectivity index (χ2n) is 10.3. The first-order valence-electron chi connectivity index (χ1n) is 13.3. The van der Waals surface area contributed by atoms with Crippen molar-refractivity contribution in [3.8, 4) is 11.4 Å². The molecule has 3 heterocycles. The molecule has 0 aliphatic carbocycles. The molecule has 2 aromatic carbocycles. The largest absolute Gasteiger partial charge is 0.491 e. The van der Waals surface area contributed by atoms with Gasteiger partial charge in [0, 0.05) is 23.3 Å². The lowest BCUT2D eigenvalue weighted by atomic mass is 9.96. The molecule has 0 unspecified atom stereocenters. The molecule has 0 saturated carbocycles. The second-order valence-corrected chi connectivity index (χ2v) is 10.6. The number of para-hydroxylation sites is 1. The SMILES string of the molecule is CCc1cccc(C)c1-n1c(C)cc([C@H]2[C@@H](c3ccccn3)NC(=S)N2c2ccc(OC(C)C)cc2)c1C. The van der Waals surface area contributed by atoms with E-state index in [1.54, 1.807) is 0 Å². The third-order valence-corrected chi connectivity index (χ3v) is 7.61. The van der Waals surface area contributed by atoms with Gasteiger partial charge in [-0.25, -0.2) is 0 Å². The molecule has 0 spiro atoms. The van der Waals surface area contributed by atoms with Crippen LogP contribution in [0.25, 0.3) is 5.69 Å². The summed E-state index contributed by atoms with van der Waals surface area (Å²) in [5.41, 5.74) is 9.55. The molecule has 1 aliphatic heterocycles. The van der Waals surface area contributed by atoms with Crippen molar-refractivity contribution < 1.29 is 4.74 Å². The van der Waals surface area contributed by atoms with Crippen molar-refractivity contribution in [3.05, 3.63) is 107 Å². The van der Waals surface area contributed by atoms with Gasteiger partial charge in [0.1, 0.15) is 5.75 Å². The van der Waals surface area contributed by atoms with Crippen LogP contribution in [0.15, 0.2) is 72.9 Å². The van der Waals surface area contributed by atoms with Crippen LogP contribution in [-0.2, 0) is 6.42 Å².